The van der Waals surface area contributed by atoms with Crippen molar-refractivity contribution in [3.05, 3.63) is 102 Å². The van der Waals surface area contributed by atoms with Gasteiger partial charge in [0.05, 0.1) is 26.1 Å². The van der Waals surface area contributed by atoms with Crippen LogP contribution in [0.3, 0.4) is 0 Å². The van der Waals surface area contributed by atoms with Crippen molar-refractivity contribution in [2.75, 3.05) is 21.0 Å². The standard InChI is InChI=1S/C33H28O8/c1-37-24-12-5-3-10-22(24)28-30(32(34)35)29(23-11-4-6-13-25(23)38-2)31(28)33(36)41-21-9-7-8-19(16-21)20-14-15-26-27(17-20)40-18-39-26/h3-17,28-31H,18H2,1-2H3,(H,34,35)/t28-,29-,30-,31+/m0/s1. The Morgan fingerprint density at radius 3 is 1.95 bits per heavy atom. The van der Waals surface area contributed by atoms with Gasteiger partial charge < -0.3 is 28.8 Å². The highest BCUT2D eigenvalue weighted by atomic mass is 16.7. The fourth-order valence-corrected chi connectivity index (χ4v) is 6.01. The molecule has 0 amide bonds. The number of fused-ring (bicyclic) bond motifs is 1. The van der Waals surface area contributed by atoms with E-state index >= 15 is 0 Å². The molecule has 41 heavy (non-hydrogen) atoms. The van der Waals surface area contributed by atoms with Crippen molar-refractivity contribution in [2.45, 2.75) is 11.8 Å². The van der Waals surface area contributed by atoms with Gasteiger partial charge in [0.2, 0.25) is 6.79 Å². The molecule has 1 N–H and O–H groups in total. The van der Waals surface area contributed by atoms with E-state index in [4.69, 9.17) is 23.7 Å². The van der Waals surface area contributed by atoms with Crippen molar-refractivity contribution in [1.82, 2.24) is 0 Å². The Labute approximate surface area is 237 Å². The zero-order valence-electron chi connectivity index (χ0n) is 22.5. The van der Waals surface area contributed by atoms with Crippen molar-refractivity contribution in [3.8, 4) is 39.9 Å². The lowest BCUT2D eigenvalue weighted by Gasteiger charge is -2.49. The van der Waals surface area contributed by atoms with Gasteiger partial charge in [-0.25, -0.2) is 0 Å². The molecule has 6 rings (SSSR count). The first-order valence-corrected chi connectivity index (χ1v) is 13.2. The monoisotopic (exact) mass is 552 g/mol. The number of esters is 1. The van der Waals surface area contributed by atoms with Crippen LogP contribution in [0.1, 0.15) is 23.0 Å². The molecule has 1 aliphatic carbocycles. The van der Waals surface area contributed by atoms with E-state index in [-0.39, 0.29) is 6.79 Å². The average Bonchev–Trinajstić information content (AvgIpc) is 3.45. The smallest absolute Gasteiger partial charge is 0.315 e. The lowest BCUT2D eigenvalue weighted by Crippen LogP contribution is -2.52. The molecule has 0 radical (unpaired) electrons. The van der Waals surface area contributed by atoms with E-state index in [1.54, 1.807) is 42.5 Å². The molecule has 4 aromatic rings. The summed E-state index contributed by atoms with van der Waals surface area (Å²) in [6, 6.07) is 27.2. The number of methoxy groups -OCH3 is 2. The summed E-state index contributed by atoms with van der Waals surface area (Å²) in [4.78, 5) is 26.7. The number of hydrogen-bond donors (Lipinski definition) is 1. The fraction of sp³-hybridized carbons (Fsp3) is 0.212. The fourth-order valence-electron chi connectivity index (χ4n) is 6.01. The molecule has 2 atom stereocenters. The van der Waals surface area contributed by atoms with E-state index in [1.807, 2.05) is 48.5 Å². The minimum Gasteiger partial charge on any atom is -0.496 e. The van der Waals surface area contributed by atoms with Crippen LogP contribution >= 0.6 is 0 Å². The minimum absolute atomic E-state index is 0.176. The number of carboxylic acids is 1. The highest BCUT2D eigenvalue weighted by Crippen LogP contribution is 2.60. The Morgan fingerprint density at radius 1 is 0.707 bits per heavy atom. The Balaban J connectivity index is 1.37. The van der Waals surface area contributed by atoms with Gasteiger partial charge >= 0.3 is 11.9 Å². The van der Waals surface area contributed by atoms with Crippen LogP contribution < -0.4 is 23.7 Å². The Bertz CT molecular complexity index is 1560. The maximum atomic E-state index is 14.0. The maximum Gasteiger partial charge on any atom is 0.315 e. The van der Waals surface area contributed by atoms with Crippen molar-refractivity contribution in [2.24, 2.45) is 11.8 Å². The van der Waals surface area contributed by atoms with Crippen LogP contribution in [0.4, 0.5) is 0 Å². The van der Waals surface area contributed by atoms with Crippen LogP contribution in [0.25, 0.3) is 11.1 Å². The molecule has 0 unspecified atom stereocenters. The normalized spacial score (nSPS) is 20.5. The van der Waals surface area contributed by atoms with Crippen molar-refractivity contribution in [1.29, 1.82) is 0 Å². The Morgan fingerprint density at radius 2 is 1.32 bits per heavy atom. The van der Waals surface area contributed by atoms with E-state index in [0.717, 1.165) is 11.1 Å². The molecule has 0 saturated heterocycles. The molecule has 0 aromatic heterocycles. The molecule has 1 heterocycles. The number of rotatable bonds is 8. The lowest BCUT2D eigenvalue weighted by molar-refractivity contribution is -0.158. The summed E-state index contributed by atoms with van der Waals surface area (Å²) in [7, 11) is 3.06. The lowest BCUT2D eigenvalue weighted by atomic mass is 9.52. The van der Waals surface area contributed by atoms with Gasteiger partial charge in [-0.3, -0.25) is 9.59 Å². The van der Waals surface area contributed by atoms with Crippen LogP contribution in [0.15, 0.2) is 91.0 Å². The predicted octanol–water partition coefficient (Wildman–Crippen LogP) is 5.90. The summed E-state index contributed by atoms with van der Waals surface area (Å²) in [6.07, 6.45) is 0. The molecular weight excluding hydrogens is 524 g/mol. The SMILES string of the molecule is COc1ccccc1[C@H]1[C@H](C(=O)O)[C@H](c2ccccc2OC)[C@@H]1C(=O)Oc1cccc(-c2ccc3c(c2)OCO3)c1. The molecule has 8 nitrogen and oxygen atoms in total. The number of carbonyl (C=O) groups is 2. The van der Waals surface area contributed by atoms with E-state index < -0.39 is 35.6 Å². The predicted molar refractivity (Wildman–Crippen MR) is 150 cm³/mol. The second-order valence-electron chi connectivity index (χ2n) is 9.94. The molecule has 1 fully saturated rings. The summed E-state index contributed by atoms with van der Waals surface area (Å²) >= 11 is 0. The number of carbonyl (C=O) groups excluding carboxylic acids is 1. The van der Waals surface area contributed by atoms with Gasteiger partial charge in [0.15, 0.2) is 11.5 Å². The van der Waals surface area contributed by atoms with Gasteiger partial charge in [-0.05, 0) is 58.7 Å². The Kier molecular flexibility index (Phi) is 6.97. The van der Waals surface area contributed by atoms with Gasteiger partial charge in [0.1, 0.15) is 17.2 Å². The van der Waals surface area contributed by atoms with Crippen molar-refractivity contribution in [3.63, 3.8) is 0 Å². The molecular formula is C33H28O8. The first kappa shape index (κ1) is 26.3. The molecule has 208 valence electrons. The highest BCUT2D eigenvalue weighted by Gasteiger charge is 2.60. The van der Waals surface area contributed by atoms with E-state index in [2.05, 4.69) is 0 Å². The highest BCUT2D eigenvalue weighted by molar-refractivity contribution is 5.86. The summed E-state index contributed by atoms with van der Waals surface area (Å²) < 4.78 is 28.0. The molecule has 8 heteroatoms. The summed E-state index contributed by atoms with van der Waals surface area (Å²) in [5.41, 5.74) is 2.99. The van der Waals surface area contributed by atoms with Gasteiger partial charge in [0, 0.05) is 11.8 Å². The number of ether oxygens (including phenoxy) is 5. The number of para-hydroxylation sites is 2. The Hall–Kier alpha value is -4.98. The first-order chi connectivity index (χ1) is 20.0. The van der Waals surface area contributed by atoms with Crippen LogP contribution in [0.2, 0.25) is 0 Å². The molecule has 2 aliphatic rings. The quantitative estimate of drug-likeness (QED) is 0.213. The third kappa shape index (κ3) is 4.71. The first-order valence-electron chi connectivity index (χ1n) is 13.2. The van der Waals surface area contributed by atoms with Crippen LogP contribution in [-0.2, 0) is 9.59 Å². The zero-order valence-corrected chi connectivity index (χ0v) is 22.5. The van der Waals surface area contributed by atoms with E-state index in [9.17, 15) is 14.7 Å². The molecule has 1 saturated carbocycles. The summed E-state index contributed by atoms with van der Waals surface area (Å²) in [5, 5.41) is 10.4. The van der Waals surface area contributed by atoms with E-state index in [0.29, 0.717) is 39.9 Å². The molecule has 4 aromatic carbocycles. The average molecular weight is 553 g/mol. The minimum atomic E-state index is -1.01. The molecule has 0 bridgehead atoms. The van der Waals surface area contributed by atoms with Crippen LogP contribution in [0.5, 0.6) is 28.7 Å². The topological polar surface area (TPSA) is 101 Å². The van der Waals surface area contributed by atoms with Crippen LogP contribution in [-0.4, -0.2) is 38.1 Å². The van der Waals surface area contributed by atoms with Crippen LogP contribution in [0, 0.1) is 11.8 Å². The second kappa shape index (κ2) is 10.9. The van der Waals surface area contributed by atoms with Gasteiger partial charge in [0.25, 0.3) is 0 Å². The zero-order chi connectivity index (χ0) is 28.5. The summed E-state index contributed by atoms with van der Waals surface area (Å²) in [6.45, 7) is 0.176. The molecule has 1 aliphatic heterocycles. The van der Waals surface area contributed by atoms with Gasteiger partial charge in [-0.1, -0.05) is 54.6 Å². The van der Waals surface area contributed by atoms with E-state index in [1.165, 1.54) is 14.2 Å². The second-order valence-corrected chi connectivity index (χ2v) is 9.94. The number of benzene rings is 4. The van der Waals surface area contributed by atoms with Crippen molar-refractivity contribution >= 4 is 11.9 Å². The summed E-state index contributed by atoms with van der Waals surface area (Å²) in [5.74, 6) is -1.89. The third-order valence-electron chi connectivity index (χ3n) is 7.86. The molecule has 0 spiro atoms. The van der Waals surface area contributed by atoms with Gasteiger partial charge in [-0.2, -0.15) is 0 Å². The number of hydrogen-bond acceptors (Lipinski definition) is 7. The number of carboxylic acid groups (broad SMARTS) is 1. The van der Waals surface area contributed by atoms with Gasteiger partial charge in [-0.15, -0.1) is 0 Å². The van der Waals surface area contributed by atoms with Crippen molar-refractivity contribution < 1.29 is 38.4 Å². The number of aliphatic carboxylic acids is 1. The maximum absolute atomic E-state index is 14.0. The third-order valence-corrected chi connectivity index (χ3v) is 7.86. The largest absolute Gasteiger partial charge is 0.496 e.